The number of rotatable bonds is 3. The van der Waals surface area contributed by atoms with Gasteiger partial charge in [0.1, 0.15) is 6.61 Å². The average Bonchev–Trinajstić information content (AvgIpc) is 2.57. The van der Waals surface area contributed by atoms with Gasteiger partial charge in [-0.15, -0.1) is 0 Å². The Bertz CT molecular complexity index is 801. The maximum absolute atomic E-state index is 12.0. The fourth-order valence-electron chi connectivity index (χ4n) is 2.29. The summed E-state index contributed by atoms with van der Waals surface area (Å²) in [6.45, 7) is 2.24. The number of hydrogen-bond donors (Lipinski definition) is 1. The molecule has 0 atom stereocenters. The Labute approximate surface area is 128 Å². The second kappa shape index (κ2) is 6.26. The van der Waals surface area contributed by atoms with E-state index in [1.54, 1.807) is 6.20 Å². The van der Waals surface area contributed by atoms with Crippen LogP contribution in [0, 0.1) is 6.92 Å². The molecule has 4 nitrogen and oxygen atoms in total. The van der Waals surface area contributed by atoms with Crippen molar-refractivity contribution in [2.24, 2.45) is 0 Å². The molecule has 110 valence electrons. The third kappa shape index (κ3) is 3.06. The minimum atomic E-state index is -0.474. The molecule has 1 amide bonds. The predicted octanol–water partition coefficient (Wildman–Crippen LogP) is 4.29. The summed E-state index contributed by atoms with van der Waals surface area (Å²) in [5, 5.41) is 3.68. The van der Waals surface area contributed by atoms with Crippen LogP contribution < -0.4 is 5.32 Å². The first-order valence-electron chi connectivity index (χ1n) is 7.06. The lowest BCUT2D eigenvalue weighted by Crippen LogP contribution is -2.13. The van der Waals surface area contributed by atoms with Crippen LogP contribution in [-0.2, 0) is 11.3 Å². The van der Waals surface area contributed by atoms with E-state index in [1.807, 2.05) is 61.5 Å². The highest BCUT2D eigenvalue weighted by Gasteiger charge is 2.08. The van der Waals surface area contributed by atoms with Gasteiger partial charge in [-0.25, -0.2) is 4.79 Å². The monoisotopic (exact) mass is 292 g/mol. The van der Waals surface area contributed by atoms with Crippen LogP contribution in [0.1, 0.15) is 11.1 Å². The number of aromatic nitrogens is 1. The molecule has 0 radical (unpaired) electrons. The second-order valence-corrected chi connectivity index (χ2v) is 5.02. The van der Waals surface area contributed by atoms with E-state index in [9.17, 15) is 4.79 Å². The molecule has 3 aromatic rings. The summed E-state index contributed by atoms with van der Waals surface area (Å²) < 4.78 is 5.24. The lowest BCUT2D eigenvalue weighted by Gasteiger charge is -2.10. The Kier molecular flexibility index (Phi) is 4.01. The summed E-state index contributed by atoms with van der Waals surface area (Å²) in [7, 11) is 0. The predicted molar refractivity (Wildman–Crippen MR) is 86.7 cm³/mol. The van der Waals surface area contributed by atoms with Gasteiger partial charge in [-0.05, 0) is 36.2 Å². The number of amides is 1. The lowest BCUT2D eigenvalue weighted by atomic mass is 10.1. The molecule has 0 spiro atoms. The summed E-state index contributed by atoms with van der Waals surface area (Å²) >= 11 is 0. The van der Waals surface area contributed by atoms with Gasteiger partial charge in [0.2, 0.25) is 0 Å². The maximum Gasteiger partial charge on any atom is 0.411 e. The maximum atomic E-state index is 12.0. The molecular weight excluding hydrogens is 276 g/mol. The van der Waals surface area contributed by atoms with Crippen LogP contribution in [0.25, 0.3) is 10.9 Å². The number of nitrogens with one attached hydrogen (secondary N) is 1. The molecule has 1 heterocycles. The van der Waals surface area contributed by atoms with Crippen LogP contribution >= 0.6 is 0 Å². The summed E-state index contributed by atoms with van der Waals surface area (Å²) in [5.41, 5.74) is 3.60. The molecule has 0 saturated carbocycles. The third-order valence-corrected chi connectivity index (χ3v) is 3.42. The minimum absolute atomic E-state index is 0.245. The number of hydrogen-bond acceptors (Lipinski definition) is 3. The van der Waals surface area contributed by atoms with Crippen molar-refractivity contribution in [2.75, 3.05) is 5.32 Å². The summed E-state index contributed by atoms with van der Waals surface area (Å²) in [4.78, 5) is 16.3. The second-order valence-electron chi connectivity index (χ2n) is 5.02. The molecule has 0 aliphatic rings. The molecule has 0 aliphatic heterocycles. The van der Waals surface area contributed by atoms with Crippen molar-refractivity contribution in [2.45, 2.75) is 13.5 Å². The Hall–Kier alpha value is -2.88. The van der Waals surface area contributed by atoms with E-state index >= 15 is 0 Å². The van der Waals surface area contributed by atoms with Crippen molar-refractivity contribution in [3.05, 3.63) is 71.9 Å². The number of nitrogens with zero attached hydrogens (tertiary/aromatic N) is 1. The van der Waals surface area contributed by atoms with E-state index in [4.69, 9.17) is 4.74 Å². The van der Waals surface area contributed by atoms with Gasteiger partial charge < -0.3 is 4.74 Å². The number of pyridine rings is 1. The standard InChI is InChI=1S/C18H16N2O2/c1-13-9-10-16(15-8-5-11-19-17(13)15)20-18(21)22-12-14-6-3-2-4-7-14/h2-11H,12H2,1H3,(H,20,21). The molecule has 3 rings (SSSR count). The molecule has 0 saturated heterocycles. The number of aryl methyl sites for hydroxylation is 1. The van der Waals surface area contributed by atoms with Crippen molar-refractivity contribution >= 4 is 22.7 Å². The molecule has 0 fully saturated rings. The van der Waals surface area contributed by atoms with Crippen LogP contribution in [0.5, 0.6) is 0 Å². The quantitative estimate of drug-likeness (QED) is 0.783. The third-order valence-electron chi connectivity index (χ3n) is 3.42. The van der Waals surface area contributed by atoms with Crippen molar-refractivity contribution in [3.63, 3.8) is 0 Å². The molecule has 4 heteroatoms. The molecule has 0 unspecified atom stereocenters. The van der Waals surface area contributed by atoms with Crippen molar-refractivity contribution in [3.8, 4) is 0 Å². The van der Waals surface area contributed by atoms with Crippen LogP contribution in [0.4, 0.5) is 10.5 Å². The van der Waals surface area contributed by atoms with Gasteiger partial charge in [0.05, 0.1) is 11.2 Å². The normalized spacial score (nSPS) is 10.4. The number of fused-ring (bicyclic) bond motifs is 1. The number of benzene rings is 2. The zero-order chi connectivity index (χ0) is 15.4. The van der Waals surface area contributed by atoms with Crippen LogP contribution in [0.15, 0.2) is 60.8 Å². The van der Waals surface area contributed by atoms with E-state index in [2.05, 4.69) is 10.3 Å². The minimum Gasteiger partial charge on any atom is -0.444 e. The Balaban J connectivity index is 1.73. The fourth-order valence-corrected chi connectivity index (χ4v) is 2.29. The van der Waals surface area contributed by atoms with E-state index < -0.39 is 6.09 Å². The topological polar surface area (TPSA) is 51.2 Å². The number of carbonyl (C=O) groups is 1. The molecular formula is C18H16N2O2. The SMILES string of the molecule is Cc1ccc(NC(=O)OCc2ccccc2)c2cccnc12. The zero-order valence-electron chi connectivity index (χ0n) is 12.2. The molecule has 1 aromatic heterocycles. The largest absolute Gasteiger partial charge is 0.444 e. The summed E-state index contributed by atoms with van der Waals surface area (Å²) in [6.07, 6.45) is 1.27. The van der Waals surface area contributed by atoms with E-state index in [1.165, 1.54) is 0 Å². The highest BCUT2D eigenvalue weighted by atomic mass is 16.5. The van der Waals surface area contributed by atoms with Gasteiger partial charge in [0.15, 0.2) is 0 Å². The summed E-state index contributed by atoms with van der Waals surface area (Å²) in [6, 6.07) is 17.2. The molecule has 2 aromatic carbocycles. The van der Waals surface area contributed by atoms with Crippen LogP contribution in [0.3, 0.4) is 0 Å². The highest BCUT2D eigenvalue weighted by molar-refractivity contribution is 5.99. The van der Waals surface area contributed by atoms with Gasteiger partial charge in [0.25, 0.3) is 0 Å². The lowest BCUT2D eigenvalue weighted by molar-refractivity contribution is 0.155. The van der Waals surface area contributed by atoms with Crippen molar-refractivity contribution in [1.82, 2.24) is 4.98 Å². The van der Waals surface area contributed by atoms with Gasteiger partial charge >= 0.3 is 6.09 Å². The molecule has 0 bridgehead atoms. The molecule has 1 N–H and O–H groups in total. The van der Waals surface area contributed by atoms with Crippen LogP contribution in [0.2, 0.25) is 0 Å². The molecule has 22 heavy (non-hydrogen) atoms. The van der Waals surface area contributed by atoms with E-state index in [0.717, 1.165) is 22.0 Å². The highest BCUT2D eigenvalue weighted by Crippen LogP contribution is 2.24. The van der Waals surface area contributed by atoms with Gasteiger partial charge in [-0.3, -0.25) is 10.3 Å². The van der Waals surface area contributed by atoms with Crippen molar-refractivity contribution < 1.29 is 9.53 Å². The number of carbonyl (C=O) groups excluding carboxylic acids is 1. The van der Waals surface area contributed by atoms with Gasteiger partial charge in [0, 0.05) is 11.6 Å². The Morgan fingerprint density at radius 3 is 2.73 bits per heavy atom. The first-order valence-corrected chi connectivity index (χ1v) is 7.06. The van der Waals surface area contributed by atoms with Crippen molar-refractivity contribution in [1.29, 1.82) is 0 Å². The van der Waals surface area contributed by atoms with Gasteiger partial charge in [-0.2, -0.15) is 0 Å². The first kappa shape index (κ1) is 14.1. The van der Waals surface area contributed by atoms with E-state index in [-0.39, 0.29) is 6.61 Å². The van der Waals surface area contributed by atoms with Crippen LogP contribution in [-0.4, -0.2) is 11.1 Å². The van der Waals surface area contributed by atoms with Gasteiger partial charge in [-0.1, -0.05) is 36.4 Å². The number of ether oxygens (including phenoxy) is 1. The Morgan fingerprint density at radius 1 is 1.09 bits per heavy atom. The average molecular weight is 292 g/mol. The summed E-state index contributed by atoms with van der Waals surface area (Å²) in [5.74, 6) is 0. The first-order chi connectivity index (χ1) is 10.7. The zero-order valence-corrected chi connectivity index (χ0v) is 12.2. The Morgan fingerprint density at radius 2 is 1.91 bits per heavy atom. The van der Waals surface area contributed by atoms with E-state index in [0.29, 0.717) is 5.69 Å². The number of anilines is 1. The molecule has 0 aliphatic carbocycles. The fraction of sp³-hybridized carbons (Fsp3) is 0.111. The smallest absolute Gasteiger partial charge is 0.411 e.